The Hall–Kier alpha value is -1.69. The van der Waals surface area contributed by atoms with Crippen molar-refractivity contribution in [3.05, 3.63) is 48.0 Å². The summed E-state index contributed by atoms with van der Waals surface area (Å²) in [6, 6.07) is 10.5. The number of likely N-dealkylation sites (N-methyl/N-ethyl adjacent to an activating group) is 2. The quantitative estimate of drug-likeness (QED) is 0.731. The van der Waals surface area contributed by atoms with Crippen molar-refractivity contribution < 1.29 is 9.53 Å². The second-order valence-corrected chi connectivity index (χ2v) is 7.06. The Balaban J connectivity index is 1.97. The highest BCUT2D eigenvalue weighted by Gasteiger charge is 2.36. The van der Waals surface area contributed by atoms with Crippen LogP contribution in [0.5, 0.6) is 0 Å². The van der Waals surface area contributed by atoms with E-state index in [0.29, 0.717) is 6.54 Å². The summed E-state index contributed by atoms with van der Waals surface area (Å²) < 4.78 is 5.56. The van der Waals surface area contributed by atoms with Gasteiger partial charge in [0.15, 0.2) is 0 Å². The van der Waals surface area contributed by atoms with E-state index < -0.39 is 0 Å². The van der Waals surface area contributed by atoms with Gasteiger partial charge in [0.2, 0.25) is 5.91 Å². The summed E-state index contributed by atoms with van der Waals surface area (Å²) in [5, 5.41) is 3.09. The van der Waals surface area contributed by atoms with E-state index in [9.17, 15) is 4.79 Å². The third-order valence-electron chi connectivity index (χ3n) is 4.83. The molecule has 0 spiro atoms. The molecule has 0 saturated carbocycles. The Kier molecular flexibility index (Phi) is 7.62. The standard InChI is InChI=1S/C20H31N3O2/c1-22(2)13-7-10-19(24)21-17-20(11-14-25-15-12-20)23(3)16-18-8-5-4-6-9-18/h4-10H,11-17H2,1-3H3,(H,21,24)/b10-7+. The third kappa shape index (κ3) is 6.27. The Labute approximate surface area is 151 Å². The van der Waals surface area contributed by atoms with Crippen LogP contribution in [0.25, 0.3) is 0 Å². The number of hydrogen-bond acceptors (Lipinski definition) is 4. The van der Waals surface area contributed by atoms with Crippen LogP contribution < -0.4 is 5.32 Å². The largest absolute Gasteiger partial charge is 0.381 e. The predicted octanol–water partition coefficient (Wildman–Crippen LogP) is 1.90. The van der Waals surface area contributed by atoms with Gasteiger partial charge in [0.25, 0.3) is 0 Å². The summed E-state index contributed by atoms with van der Waals surface area (Å²) in [4.78, 5) is 16.5. The molecule has 5 heteroatoms. The van der Waals surface area contributed by atoms with Gasteiger partial charge >= 0.3 is 0 Å². The zero-order valence-corrected chi connectivity index (χ0v) is 15.7. The zero-order valence-electron chi connectivity index (χ0n) is 15.7. The highest BCUT2D eigenvalue weighted by molar-refractivity contribution is 5.87. The fourth-order valence-electron chi connectivity index (χ4n) is 3.15. The molecule has 138 valence electrons. The number of carbonyl (C=O) groups is 1. The molecule has 1 aliphatic rings. The van der Waals surface area contributed by atoms with E-state index in [0.717, 1.165) is 39.1 Å². The van der Waals surface area contributed by atoms with Crippen molar-refractivity contribution in [1.29, 1.82) is 0 Å². The number of hydrogen-bond donors (Lipinski definition) is 1. The summed E-state index contributed by atoms with van der Waals surface area (Å²) in [6.07, 6.45) is 5.37. The minimum Gasteiger partial charge on any atom is -0.381 e. The SMILES string of the molecule is CN(C)C/C=C/C(=O)NCC1(N(C)Cc2ccccc2)CCOCC1. The van der Waals surface area contributed by atoms with Gasteiger partial charge < -0.3 is 15.0 Å². The maximum Gasteiger partial charge on any atom is 0.243 e. The summed E-state index contributed by atoms with van der Waals surface area (Å²) in [6.45, 7) is 3.76. The van der Waals surface area contributed by atoms with E-state index in [1.165, 1.54) is 5.56 Å². The molecule has 1 heterocycles. The van der Waals surface area contributed by atoms with Crippen molar-refractivity contribution >= 4 is 5.91 Å². The number of benzene rings is 1. The first-order valence-corrected chi connectivity index (χ1v) is 8.94. The van der Waals surface area contributed by atoms with Gasteiger partial charge in [-0.25, -0.2) is 0 Å². The van der Waals surface area contributed by atoms with Gasteiger partial charge in [-0.05, 0) is 39.5 Å². The molecule has 0 unspecified atom stereocenters. The van der Waals surface area contributed by atoms with Crippen LogP contribution in [0.4, 0.5) is 0 Å². The Morgan fingerprint density at radius 1 is 1.20 bits per heavy atom. The Bertz CT molecular complexity index is 551. The maximum atomic E-state index is 12.1. The molecule has 1 N–H and O–H groups in total. The van der Waals surface area contributed by atoms with Crippen LogP contribution in [-0.4, -0.2) is 68.7 Å². The number of rotatable bonds is 8. The molecule has 1 amide bonds. The average Bonchev–Trinajstić information content (AvgIpc) is 2.61. The topological polar surface area (TPSA) is 44.8 Å². The van der Waals surface area contributed by atoms with Crippen LogP contribution in [0.15, 0.2) is 42.5 Å². The number of amides is 1. The molecule has 1 aliphatic heterocycles. The van der Waals surface area contributed by atoms with Crippen molar-refractivity contribution in [2.75, 3.05) is 47.4 Å². The van der Waals surface area contributed by atoms with Crippen molar-refractivity contribution in [2.24, 2.45) is 0 Å². The molecule has 1 aromatic rings. The van der Waals surface area contributed by atoms with E-state index >= 15 is 0 Å². The fraction of sp³-hybridized carbons (Fsp3) is 0.550. The lowest BCUT2D eigenvalue weighted by atomic mass is 9.87. The van der Waals surface area contributed by atoms with Crippen LogP contribution in [0.1, 0.15) is 18.4 Å². The normalized spacial score (nSPS) is 17.3. The van der Waals surface area contributed by atoms with Gasteiger partial charge in [0.1, 0.15) is 0 Å². The number of carbonyl (C=O) groups excluding carboxylic acids is 1. The molecular weight excluding hydrogens is 314 g/mol. The predicted molar refractivity (Wildman–Crippen MR) is 101 cm³/mol. The lowest BCUT2D eigenvalue weighted by Crippen LogP contribution is -2.56. The van der Waals surface area contributed by atoms with Crippen LogP contribution >= 0.6 is 0 Å². The van der Waals surface area contributed by atoms with Crippen LogP contribution in [0.2, 0.25) is 0 Å². The average molecular weight is 345 g/mol. The van der Waals surface area contributed by atoms with Crippen molar-refractivity contribution in [1.82, 2.24) is 15.1 Å². The molecule has 0 aromatic heterocycles. The molecule has 1 aromatic carbocycles. The molecule has 0 bridgehead atoms. The van der Waals surface area contributed by atoms with Gasteiger partial charge in [0, 0.05) is 44.5 Å². The minimum atomic E-state index is -0.0564. The highest BCUT2D eigenvalue weighted by Crippen LogP contribution is 2.27. The Morgan fingerprint density at radius 3 is 2.52 bits per heavy atom. The van der Waals surface area contributed by atoms with Crippen LogP contribution in [-0.2, 0) is 16.1 Å². The molecule has 0 atom stereocenters. The van der Waals surface area contributed by atoms with Crippen molar-refractivity contribution in [3.8, 4) is 0 Å². The third-order valence-corrected chi connectivity index (χ3v) is 4.83. The van der Waals surface area contributed by atoms with Gasteiger partial charge in [-0.15, -0.1) is 0 Å². The fourth-order valence-corrected chi connectivity index (χ4v) is 3.15. The minimum absolute atomic E-state index is 0.0270. The first-order valence-electron chi connectivity index (χ1n) is 8.94. The molecule has 0 aliphatic carbocycles. The maximum absolute atomic E-state index is 12.1. The van der Waals surface area contributed by atoms with Gasteiger partial charge in [-0.1, -0.05) is 36.4 Å². The number of nitrogens with zero attached hydrogens (tertiary/aromatic N) is 2. The molecule has 1 fully saturated rings. The monoisotopic (exact) mass is 345 g/mol. The number of ether oxygens (including phenoxy) is 1. The Morgan fingerprint density at radius 2 is 1.88 bits per heavy atom. The van der Waals surface area contributed by atoms with Gasteiger partial charge in [-0.2, -0.15) is 0 Å². The van der Waals surface area contributed by atoms with E-state index in [2.05, 4.69) is 41.5 Å². The lowest BCUT2D eigenvalue weighted by molar-refractivity contribution is -0.117. The van der Waals surface area contributed by atoms with Crippen molar-refractivity contribution in [2.45, 2.75) is 24.9 Å². The van der Waals surface area contributed by atoms with E-state index in [-0.39, 0.29) is 11.4 Å². The highest BCUT2D eigenvalue weighted by atomic mass is 16.5. The van der Waals surface area contributed by atoms with E-state index in [1.54, 1.807) is 6.08 Å². The zero-order chi connectivity index (χ0) is 18.1. The lowest BCUT2D eigenvalue weighted by Gasteiger charge is -2.44. The molecule has 1 saturated heterocycles. The molecule has 25 heavy (non-hydrogen) atoms. The molecule has 2 rings (SSSR count). The first kappa shape index (κ1) is 19.6. The smallest absolute Gasteiger partial charge is 0.243 e. The first-order chi connectivity index (χ1) is 12.0. The van der Waals surface area contributed by atoms with E-state index in [4.69, 9.17) is 4.74 Å². The summed E-state index contributed by atoms with van der Waals surface area (Å²) in [5.41, 5.74) is 1.23. The van der Waals surface area contributed by atoms with Gasteiger partial charge in [-0.3, -0.25) is 9.69 Å². The van der Waals surface area contributed by atoms with E-state index in [1.807, 2.05) is 31.1 Å². The van der Waals surface area contributed by atoms with Crippen molar-refractivity contribution in [3.63, 3.8) is 0 Å². The summed E-state index contributed by atoms with van der Waals surface area (Å²) in [7, 11) is 6.11. The molecule has 5 nitrogen and oxygen atoms in total. The van der Waals surface area contributed by atoms with Crippen LogP contribution in [0.3, 0.4) is 0 Å². The van der Waals surface area contributed by atoms with Gasteiger partial charge in [0.05, 0.1) is 0 Å². The second kappa shape index (κ2) is 9.70. The number of nitrogens with one attached hydrogen (secondary N) is 1. The summed E-state index contributed by atoms with van der Waals surface area (Å²) >= 11 is 0. The second-order valence-electron chi connectivity index (χ2n) is 7.06. The summed E-state index contributed by atoms with van der Waals surface area (Å²) in [5.74, 6) is -0.0270. The van der Waals surface area contributed by atoms with Crippen LogP contribution in [0, 0.1) is 0 Å². The molecule has 0 radical (unpaired) electrons. The molecular formula is C20H31N3O2.